The van der Waals surface area contributed by atoms with Crippen LogP contribution >= 0.6 is 50.5 Å². The SMILES string of the molecule is O=C(CNC(=O)c1ccc(Cl)cc1Cl)NNC(=O)c1ccc(Br)s1. The lowest BCUT2D eigenvalue weighted by Gasteiger charge is -2.08. The van der Waals surface area contributed by atoms with Gasteiger partial charge in [-0.25, -0.2) is 0 Å². The Bertz CT molecular complexity index is 797. The van der Waals surface area contributed by atoms with Crippen LogP contribution in [0.25, 0.3) is 0 Å². The van der Waals surface area contributed by atoms with Gasteiger partial charge in [-0.1, -0.05) is 23.2 Å². The molecule has 2 aromatic rings. The summed E-state index contributed by atoms with van der Waals surface area (Å²) in [6, 6.07) is 7.73. The zero-order valence-corrected chi connectivity index (χ0v) is 15.8. The second-order valence-corrected chi connectivity index (χ2v) is 7.72. The minimum atomic E-state index is -0.586. The van der Waals surface area contributed by atoms with Crippen molar-refractivity contribution in [1.29, 1.82) is 0 Å². The maximum Gasteiger partial charge on any atom is 0.279 e. The lowest BCUT2D eigenvalue weighted by atomic mass is 10.2. The predicted octanol–water partition coefficient (Wildman–Crippen LogP) is 3.01. The van der Waals surface area contributed by atoms with Crippen LogP contribution in [0, 0.1) is 0 Å². The van der Waals surface area contributed by atoms with E-state index in [1.165, 1.54) is 29.5 Å². The van der Waals surface area contributed by atoms with Crippen LogP contribution < -0.4 is 16.2 Å². The Morgan fingerprint density at radius 3 is 2.42 bits per heavy atom. The van der Waals surface area contributed by atoms with Crippen LogP contribution in [-0.2, 0) is 4.79 Å². The van der Waals surface area contributed by atoms with Crippen LogP contribution in [0.15, 0.2) is 34.1 Å². The van der Waals surface area contributed by atoms with E-state index in [1.54, 1.807) is 12.1 Å². The Hall–Kier alpha value is -1.61. The topological polar surface area (TPSA) is 87.3 Å². The number of carbonyl (C=O) groups excluding carboxylic acids is 3. The van der Waals surface area contributed by atoms with Crippen molar-refractivity contribution >= 4 is 68.2 Å². The maximum atomic E-state index is 11.9. The van der Waals surface area contributed by atoms with Gasteiger partial charge in [0.05, 0.1) is 25.8 Å². The van der Waals surface area contributed by atoms with Crippen LogP contribution in [0.5, 0.6) is 0 Å². The monoisotopic (exact) mass is 449 g/mol. The first-order valence-corrected chi connectivity index (χ1v) is 8.81. The van der Waals surface area contributed by atoms with E-state index in [0.29, 0.717) is 9.90 Å². The molecule has 1 aromatic heterocycles. The molecule has 2 rings (SSSR count). The maximum absolute atomic E-state index is 11.9. The lowest BCUT2D eigenvalue weighted by molar-refractivity contribution is -0.120. The lowest BCUT2D eigenvalue weighted by Crippen LogP contribution is -2.46. The smallest absolute Gasteiger partial charge is 0.279 e. The number of hydrogen-bond donors (Lipinski definition) is 3. The summed E-state index contributed by atoms with van der Waals surface area (Å²) < 4.78 is 0.797. The number of nitrogens with one attached hydrogen (secondary N) is 3. The van der Waals surface area contributed by atoms with E-state index in [9.17, 15) is 14.4 Å². The highest BCUT2D eigenvalue weighted by atomic mass is 79.9. The van der Waals surface area contributed by atoms with E-state index in [2.05, 4.69) is 32.1 Å². The summed E-state index contributed by atoms with van der Waals surface area (Å²) in [5.74, 6) is -1.57. The van der Waals surface area contributed by atoms with Gasteiger partial charge in [0.15, 0.2) is 0 Å². The fourth-order valence-corrected chi connectivity index (χ4v) is 3.37. The molecule has 0 bridgehead atoms. The quantitative estimate of drug-likeness (QED) is 0.625. The molecule has 24 heavy (non-hydrogen) atoms. The van der Waals surface area contributed by atoms with E-state index in [-0.39, 0.29) is 17.1 Å². The number of hydrogen-bond acceptors (Lipinski definition) is 4. The van der Waals surface area contributed by atoms with Gasteiger partial charge in [-0.2, -0.15) is 0 Å². The van der Waals surface area contributed by atoms with Gasteiger partial charge < -0.3 is 5.32 Å². The van der Waals surface area contributed by atoms with Crippen LogP contribution in [0.3, 0.4) is 0 Å². The second kappa shape index (κ2) is 8.48. The average molecular weight is 451 g/mol. The molecule has 0 fully saturated rings. The number of hydrazine groups is 1. The summed E-state index contributed by atoms with van der Waals surface area (Å²) in [5.41, 5.74) is 4.65. The molecule has 0 saturated heterocycles. The van der Waals surface area contributed by atoms with Crippen molar-refractivity contribution in [2.24, 2.45) is 0 Å². The van der Waals surface area contributed by atoms with Gasteiger partial charge in [0.25, 0.3) is 17.7 Å². The third kappa shape index (κ3) is 5.20. The van der Waals surface area contributed by atoms with Gasteiger partial charge in [-0.3, -0.25) is 25.2 Å². The summed E-state index contributed by atoms with van der Waals surface area (Å²) in [4.78, 5) is 35.8. The third-order valence-corrected chi connectivity index (χ3v) is 4.87. The number of halogens is 3. The molecule has 6 nitrogen and oxygen atoms in total. The number of amides is 3. The van der Waals surface area contributed by atoms with E-state index in [4.69, 9.17) is 23.2 Å². The second-order valence-electron chi connectivity index (χ2n) is 4.41. The van der Waals surface area contributed by atoms with Crippen molar-refractivity contribution in [2.45, 2.75) is 0 Å². The summed E-state index contributed by atoms with van der Waals surface area (Å²) in [7, 11) is 0. The summed E-state index contributed by atoms with van der Waals surface area (Å²) in [6.07, 6.45) is 0. The standard InChI is InChI=1S/C14H10BrCl2N3O3S/c15-11-4-3-10(24-11)14(23)20-19-12(21)6-18-13(22)8-2-1-7(16)5-9(8)17/h1-5H,6H2,(H,18,22)(H,19,21)(H,20,23). The number of benzene rings is 1. The zero-order valence-electron chi connectivity index (χ0n) is 11.9. The molecule has 0 aliphatic carbocycles. The molecule has 0 saturated carbocycles. The first kappa shape index (κ1) is 18.7. The first-order chi connectivity index (χ1) is 11.4. The van der Waals surface area contributed by atoms with Crippen molar-refractivity contribution in [1.82, 2.24) is 16.2 Å². The highest BCUT2D eigenvalue weighted by Gasteiger charge is 2.13. The van der Waals surface area contributed by atoms with Gasteiger partial charge in [-0.15, -0.1) is 11.3 Å². The van der Waals surface area contributed by atoms with E-state index < -0.39 is 17.7 Å². The minimum absolute atomic E-state index is 0.178. The van der Waals surface area contributed by atoms with E-state index in [0.717, 1.165) is 3.79 Å². The van der Waals surface area contributed by atoms with Crippen LogP contribution in [0.1, 0.15) is 20.0 Å². The average Bonchev–Trinajstić information content (AvgIpc) is 2.97. The van der Waals surface area contributed by atoms with Crippen LogP contribution in [0.4, 0.5) is 0 Å². The van der Waals surface area contributed by atoms with Crippen molar-refractivity contribution in [3.8, 4) is 0 Å². The third-order valence-electron chi connectivity index (χ3n) is 2.70. The van der Waals surface area contributed by atoms with E-state index in [1.807, 2.05) is 0 Å². The summed E-state index contributed by atoms with van der Waals surface area (Å²) in [6.45, 7) is -0.327. The molecular formula is C14H10BrCl2N3O3S. The van der Waals surface area contributed by atoms with Crippen molar-refractivity contribution in [2.75, 3.05) is 6.54 Å². The molecule has 1 aromatic carbocycles. The van der Waals surface area contributed by atoms with Gasteiger partial charge in [0.2, 0.25) is 0 Å². The zero-order chi connectivity index (χ0) is 17.7. The molecule has 0 radical (unpaired) electrons. The van der Waals surface area contributed by atoms with Crippen LogP contribution in [-0.4, -0.2) is 24.3 Å². The fraction of sp³-hybridized carbons (Fsp3) is 0.0714. The molecule has 3 N–H and O–H groups in total. The summed E-state index contributed by atoms with van der Waals surface area (Å²) >= 11 is 16.1. The first-order valence-electron chi connectivity index (χ1n) is 6.44. The Kier molecular flexibility index (Phi) is 6.61. The molecule has 0 unspecified atom stereocenters. The Labute approximate surface area is 159 Å². The molecule has 0 aliphatic heterocycles. The highest BCUT2D eigenvalue weighted by Crippen LogP contribution is 2.22. The van der Waals surface area contributed by atoms with Crippen molar-refractivity contribution < 1.29 is 14.4 Å². The number of thiophene rings is 1. The molecule has 10 heteroatoms. The predicted molar refractivity (Wildman–Crippen MR) is 96.4 cm³/mol. The largest absolute Gasteiger partial charge is 0.343 e. The van der Waals surface area contributed by atoms with Gasteiger partial charge in [-0.05, 0) is 46.3 Å². The summed E-state index contributed by atoms with van der Waals surface area (Å²) in [5, 5.41) is 2.97. The minimum Gasteiger partial charge on any atom is -0.343 e. The van der Waals surface area contributed by atoms with Crippen molar-refractivity contribution in [3.63, 3.8) is 0 Å². The van der Waals surface area contributed by atoms with E-state index >= 15 is 0 Å². The molecule has 3 amide bonds. The highest BCUT2D eigenvalue weighted by molar-refractivity contribution is 9.11. The Balaban J connectivity index is 1.80. The Morgan fingerprint density at radius 1 is 1.04 bits per heavy atom. The molecular weight excluding hydrogens is 441 g/mol. The van der Waals surface area contributed by atoms with Gasteiger partial charge in [0, 0.05) is 5.02 Å². The fourth-order valence-electron chi connectivity index (χ4n) is 1.60. The number of rotatable bonds is 4. The van der Waals surface area contributed by atoms with Gasteiger partial charge in [0.1, 0.15) is 0 Å². The van der Waals surface area contributed by atoms with Crippen LogP contribution in [0.2, 0.25) is 10.0 Å². The van der Waals surface area contributed by atoms with Crippen molar-refractivity contribution in [3.05, 3.63) is 54.6 Å². The molecule has 0 spiro atoms. The number of carbonyl (C=O) groups is 3. The van der Waals surface area contributed by atoms with Gasteiger partial charge >= 0.3 is 0 Å². The normalized spacial score (nSPS) is 10.1. The molecule has 126 valence electrons. The molecule has 0 aliphatic rings. The molecule has 0 atom stereocenters. The Morgan fingerprint density at radius 2 is 1.79 bits per heavy atom. The molecule has 1 heterocycles.